The molecule has 0 fully saturated rings. The zero-order valence-corrected chi connectivity index (χ0v) is 15.3. The number of thioether (sulfide) groups is 1. The van der Waals surface area contributed by atoms with Crippen molar-refractivity contribution in [1.82, 2.24) is 15.0 Å². The maximum Gasteiger partial charge on any atom is 0.232 e. The number of anilines is 3. The molecule has 1 atom stereocenters. The highest BCUT2D eigenvalue weighted by Crippen LogP contribution is 2.30. The van der Waals surface area contributed by atoms with Crippen LogP contribution in [0.2, 0.25) is 5.02 Å². The minimum Gasteiger partial charge on any atom is -0.368 e. The van der Waals surface area contributed by atoms with Crippen LogP contribution in [0.5, 0.6) is 0 Å². The van der Waals surface area contributed by atoms with Crippen LogP contribution in [0.25, 0.3) is 0 Å². The van der Waals surface area contributed by atoms with Gasteiger partial charge in [-0.15, -0.1) is 11.8 Å². The van der Waals surface area contributed by atoms with E-state index in [0.29, 0.717) is 11.8 Å². The topological polar surface area (TPSA) is 76.7 Å². The lowest BCUT2D eigenvalue weighted by Gasteiger charge is -2.12. The molecule has 0 aliphatic carbocycles. The Balaban J connectivity index is 1.70. The Morgan fingerprint density at radius 1 is 1.08 bits per heavy atom. The molecule has 0 saturated carbocycles. The molecule has 0 aliphatic rings. The van der Waals surface area contributed by atoms with Crippen LogP contribution < -0.4 is 11.1 Å². The van der Waals surface area contributed by atoms with Gasteiger partial charge in [-0.3, -0.25) is 0 Å². The third-order valence-electron chi connectivity index (χ3n) is 3.45. The predicted molar refractivity (Wildman–Crippen MR) is 105 cm³/mol. The third kappa shape index (κ3) is 5.08. The molecule has 0 unspecified atom stereocenters. The van der Waals surface area contributed by atoms with Gasteiger partial charge in [0.15, 0.2) is 0 Å². The van der Waals surface area contributed by atoms with Gasteiger partial charge < -0.3 is 11.1 Å². The predicted octanol–water partition coefficient (Wildman–Crippen LogP) is 4.85. The molecule has 3 aromatic rings. The Bertz CT molecular complexity index is 844. The first-order chi connectivity index (χ1) is 12.1. The summed E-state index contributed by atoms with van der Waals surface area (Å²) >= 11 is 7.75. The molecule has 7 heteroatoms. The smallest absolute Gasteiger partial charge is 0.232 e. The number of aromatic nitrogens is 3. The van der Waals surface area contributed by atoms with Crippen LogP contribution in [-0.4, -0.2) is 15.0 Å². The molecule has 0 aliphatic heterocycles. The van der Waals surface area contributed by atoms with E-state index in [9.17, 15) is 0 Å². The maximum absolute atomic E-state index is 6.03. The van der Waals surface area contributed by atoms with Gasteiger partial charge >= 0.3 is 0 Å². The van der Waals surface area contributed by atoms with E-state index in [1.165, 1.54) is 0 Å². The largest absolute Gasteiger partial charge is 0.368 e. The van der Waals surface area contributed by atoms with Crippen LogP contribution in [0, 0.1) is 0 Å². The van der Waals surface area contributed by atoms with Crippen LogP contribution in [0.3, 0.4) is 0 Å². The highest BCUT2D eigenvalue weighted by atomic mass is 35.5. The standard InChI is InChI=1S/C18H18ClN5S/c1-12(25-11-13-6-5-7-14(19)10-13)16-22-17(20)24-18(23-16)21-15-8-3-2-4-9-15/h2-10,12H,11H2,1H3,(H3,20,21,22,23,24)/t12-/m0/s1. The van der Waals surface area contributed by atoms with Crippen molar-refractivity contribution < 1.29 is 0 Å². The summed E-state index contributed by atoms with van der Waals surface area (Å²) in [4.78, 5) is 12.9. The minimum atomic E-state index is 0.0700. The lowest BCUT2D eigenvalue weighted by Crippen LogP contribution is -2.08. The molecule has 3 N–H and O–H groups in total. The Labute approximate surface area is 156 Å². The molecular weight excluding hydrogens is 354 g/mol. The summed E-state index contributed by atoms with van der Waals surface area (Å²) in [6, 6.07) is 17.6. The van der Waals surface area contributed by atoms with Gasteiger partial charge in [0.05, 0.1) is 5.25 Å². The molecule has 0 saturated heterocycles. The Morgan fingerprint density at radius 2 is 1.88 bits per heavy atom. The van der Waals surface area contributed by atoms with Gasteiger partial charge in [0.1, 0.15) is 5.82 Å². The average molecular weight is 372 g/mol. The van der Waals surface area contributed by atoms with Crippen LogP contribution in [-0.2, 0) is 5.75 Å². The number of nitrogens with zero attached hydrogens (tertiary/aromatic N) is 3. The summed E-state index contributed by atoms with van der Waals surface area (Å²) in [5.41, 5.74) is 7.91. The van der Waals surface area contributed by atoms with Crippen molar-refractivity contribution >= 4 is 40.9 Å². The fraction of sp³-hybridized carbons (Fsp3) is 0.167. The number of para-hydroxylation sites is 1. The van der Waals surface area contributed by atoms with Gasteiger partial charge in [-0.2, -0.15) is 15.0 Å². The molecule has 3 rings (SSSR count). The number of nitrogens with one attached hydrogen (secondary N) is 1. The Kier molecular flexibility index (Phi) is 5.73. The first-order valence-corrected chi connectivity index (χ1v) is 9.22. The van der Waals surface area contributed by atoms with Gasteiger partial charge in [0.25, 0.3) is 0 Å². The molecule has 0 bridgehead atoms. The van der Waals surface area contributed by atoms with E-state index in [4.69, 9.17) is 17.3 Å². The number of hydrogen-bond acceptors (Lipinski definition) is 6. The van der Waals surface area contributed by atoms with Crippen molar-refractivity contribution in [2.75, 3.05) is 11.1 Å². The normalized spacial score (nSPS) is 11.9. The summed E-state index contributed by atoms with van der Waals surface area (Å²) in [6.45, 7) is 2.05. The molecule has 25 heavy (non-hydrogen) atoms. The first kappa shape index (κ1) is 17.5. The molecule has 0 amide bonds. The summed E-state index contributed by atoms with van der Waals surface area (Å²) in [5.74, 6) is 2.12. The number of halogens is 1. The zero-order chi connectivity index (χ0) is 17.6. The highest BCUT2D eigenvalue weighted by Gasteiger charge is 2.13. The monoisotopic (exact) mass is 371 g/mol. The van der Waals surface area contributed by atoms with Crippen molar-refractivity contribution in [3.63, 3.8) is 0 Å². The van der Waals surface area contributed by atoms with Gasteiger partial charge in [0.2, 0.25) is 11.9 Å². The third-order valence-corrected chi connectivity index (χ3v) is 4.90. The summed E-state index contributed by atoms with van der Waals surface area (Å²) in [6.07, 6.45) is 0. The van der Waals surface area contributed by atoms with Gasteiger partial charge in [-0.05, 0) is 36.8 Å². The lowest BCUT2D eigenvalue weighted by atomic mass is 10.2. The fourth-order valence-corrected chi connectivity index (χ4v) is 3.31. The maximum atomic E-state index is 6.03. The average Bonchev–Trinajstić information content (AvgIpc) is 2.60. The second-order valence-corrected chi connectivity index (χ2v) is 7.22. The van der Waals surface area contributed by atoms with E-state index in [1.54, 1.807) is 11.8 Å². The van der Waals surface area contributed by atoms with E-state index in [0.717, 1.165) is 22.0 Å². The quantitative estimate of drug-likeness (QED) is 0.645. The zero-order valence-electron chi connectivity index (χ0n) is 13.7. The molecular formula is C18H18ClN5S. The molecule has 1 aromatic heterocycles. The van der Waals surface area contributed by atoms with E-state index in [-0.39, 0.29) is 11.2 Å². The molecule has 5 nitrogen and oxygen atoms in total. The van der Waals surface area contributed by atoms with Crippen LogP contribution in [0.4, 0.5) is 17.6 Å². The lowest BCUT2D eigenvalue weighted by molar-refractivity contribution is 0.896. The molecule has 128 valence electrons. The van der Waals surface area contributed by atoms with E-state index < -0.39 is 0 Å². The summed E-state index contributed by atoms with van der Waals surface area (Å²) in [5, 5.41) is 3.96. The molecule has 1 heterocycles. The van der Waals surface area contributed by atoms with Gasteiger partial charge in [-0.25, -0.2) is 0 Å². The van der Waals surface area contributed by atoms with Crippen LogP contribution >= 0.6 is 23.4 Å². The molecule has 0 radical (unpaired) electrons. The SMILES string of the molecule is C[C@H](SCc1cccc(Cl)c1)c1nc(N)nc(Nc2ccccc2)n1. The van der Waals surface area contributed by atoms with Gasteiger partial charge in [-0.1, -0.05) is 41.9 Å². The fourth-order valence-electron chi connectivity index (χ4n) is 2.22. The van der Waals surface area contributed by atoms with Crippen molar-refractivity contribution in [3.8, 4) is 0 Å². The van der Waals surface area contributed by atoms with Crippen LogP contribution in [0.1, 0.15) is 23.6 Å². The molecule has 0 spiro atoms. The number of nitrogen functional groups attached to an aromatic ring is 1. The number of benzene rings is 2. The Morgan fingerprint density at radius 3 is 2.64 bits per heavy atom. The number of nitrogens with two attached hydrogens (primary N) is 1. The highest BCUT2D eigenvalue weighted by molar-refractivity contribution is 7.98. The van der Waals surface area contributed by atoms with Crippen LogP contribution in [0.15, 0.2) is 54.6 Å². The Hall–Kier alpha value is -2.31. The number of hydrogen-bond donors (Lipinski definition) is 2. The van der Waals surface area contributed by atoms with Crippen molar-refractivity contribution in [2.45, 2.75) is 17.9 Å². The minimum absolute atomic E-state index is 0.0700. The second kappa shape index (κ2) is 8.18. The number of rotatable bonds is 6. The molecule has 2 aromatic carbocycles. The van der Waals surface area contributed by atoms with E-state index in [2.05, 4.69) is 33.3 Å². The van der Waals surface area contributed by atoms with E-state index >= 15 is 0 Å². The van der Waals surface area contributed by atoms with Crippen molar-refractivity contribution in [3.05, 3.63) is 71.0 Å². The second-order valence-electron chi connectivity index (χ2n) is 5.45. The summed E-state index contributed by atoms with van der Waals surface area (Å²) < 4.78 is 0. The van der Waals surface area contributed by atoms with Crippen molar-refractivity contribution in [2.24, 2.45) is 0 Å². The summed E-state index contributed by atoms with van der Waals surface area (Å²) in [7, 11) is 0. The van der Waals surface area contributed by atoms with Gasteiger partial charge in [0, 0.05) is 16.5 Å². The van der Waals surface area contributed by atoms with E-state index in [1.807, 2.05) is 48.5 Å². The first-order valence-electron chi connectivity index (χ1n) is 7.80. The van der Waals surface area contributed by atoms with Crippen molar-refractivity contribution in [1.29, 1.82) is 0 Å².